The van der Waals surface area contributed by atoms with E-state index in [-0.39, 0.29) is 6.09 Å². The highest BCUT2D eigenvalue weighted by Crippen LogP contribution is 2.34. The summed E-state index contributed by atoms with van der Waals surface area (Å²) in [5.74, 6) is 0.450. The maximum Gasteiger partial charge on any atom is 0.409 e. The van der Waals surface area contributed by atoms with Crippen LogP contribution in [0.5, 0.6) is 0 Å². The highest BCUT2D eigenvalue weighted by molar-refractivity contribution is 5.81. The number of nitrogens with zero attached hydrogens (tertiary/aromatic N) is 3. The first-order valence-corrected chi connectivity index (χ1v) is 9.17. The zero-order chi connectivity index (χ0) is 17.6. The number of aromatic nitrogens is 2. The summed E-state index contributed by atoms with van der Waals surface area (Å²) in [5, 5.41) is 1.22. The molecule has 6 heteroatoms. The summed E-state index contributed by atoms with van der Waals surface area (Å²) in [6, 6.07) is 4.14. The Morgan fingerprint density at radius 3 is 2.80 bits per heavy atom. The molecular weight excluding hydrogens is 318 g/mol. The van der Waals surface area contributed by atoms with Crippen molar-refractivity contribution >= 4 is 17.1 Å². The second-order valence-electron chi connectivity index (χ2n) is 6.31. The van der Waals surface area contributed by atoms with E-state index in [1.807, 2.05) is 31.0 Å². The molecule has 3 rings (SSSR count). The minimum atomic E-state index is -0.193. The summed E-state index contributed by atoms with van der Waals surface area (Å²) >= 11 is 0. The molecule has 136 valence electrons. The van der Waals surface area contributed by atoms with Gasteiger partial charge in [0.2, 0.25) is 0 Å². The highest BCUT2D eigenvalue weighted by atomic mass is 16.6. The van der Waals surface area contributed by atoms with Crippen LogP contribution in [0, 0.1) is 0 Å². The standard InChI is InChI=1S/C19H27N3O3/c1-3-24-13-12-22-14-17(16-6-5-9-20-18(16)22)15-7-10-21(11-8-15)19(23)25-4-2/h5-6,9,14-15H,3-4,7-8,10-13H2,1-2H3. The Kier molecular flexibility index (Phi) is 5.91. The van der Waals surface area contributed by atoms with Crippen molar-refractivity contribution in [1.29, 1.82) is 0 Å². The molecule has 0 aromatic carbocycles. The number of fused-ring (bicyclic) bond motifs is 1. The predicted molar refractivity (Wildman–Crippen MR) is 96.8 cm³/mol. The van der Waals surface area contributed by atoms with Gasteiger partial charge in [-0.1, -0.05) is 0 Å². The van der Waals surface area contributed by atoms with Crippen molar-refractivity contribution < 1.29 is 14.3 Å². The molecule has 0 atom stereocenters. The topological polar surface area (TPSA) is 56.6 Å². The molecule has 6 nitrogen and oxygen atoms in total. The Hall–Kier alpha value is -2.08. The lowest BCUT2D eigenvalue weighted by Gasteiger charge is -2.31. The Labute approximate surface area is 148 Å². The van der Waals surface area contributed by atoms with E-state index in [1.54, 1.807) is 0 Å². The van der Waals surface area contributed by atoms with E-state index in [1.165, 1.54) is 10.9 Å². The summed E-state index contributed by atoms with van der Waals surface area (Å²) in [4.78, 5) is 18.3. The van der Waals surface area contributed by atoms with Gasteiger partial charge in [-0.3, -0.25) is 0 Å². The summed E-state index contributed by atoms with van der Waals surface area (Å²) < 4.78 is 12.8. The van der Waals surface area contributed by atoms with Crippen molar-refractivity contribution in [3.63, 3.8) is 0 Å². The number of rotatable bonds is 6. The van der Waals surface area contributed by atoms with Crippen LogP contribution in [0.1, 0.15) is 38.2 Å². The number of ether oxygens (including phenoxy) is 2. The number of hydrogen-bond donors (Lipinski definition) is 0. The van der Waals surface area contributed by atoms with Crippen molar-refractivity contribution in [2.45, 2.75) is 39.2 Å². The van der Waals surface area contributed by atoms with Gasteiger partial charge in [-0.25, -0.2) is 9.78 Å². The van der Waals surface area contributed by atoms with Crippen LogP contribution in [-0.2, 0) is 16.0 Å². The highest BCUT2D eigenvalue weighted by Gasteiger charge is 2.26. The van der Waals surface area contributed by atoms with Gasteiger partial charge in [-0.2, -0.15) is 0 Å². The summed E-state index contributed by atoms with van der Waals surface area (Å²) in [6.07, 6.45) is 5.78. The molecule has 0 spiro atoms. The molecule has 1 aliphatic heterocycles. The Bertz CT molecular complexity index is 705. The van der Waals surface area contributed by atoms with E-state index >= 15 is 0 Å². The van der Waals surface area contributed by atoms with Crippen LogP contribution in [-0.4, -0.2) is 53.5 Å². The van der Waals surface area contributed by atoms with Crippen LogP contribution >= 0.6 is 0 Å². The maximum absolute atomic E-state index is 11.9. The van der Waals surface area contributed by atoms with E-state index in [4.69, 9.17) is 9.47 Å². The second-order valence-corrected chi connectivity index (χ2v) is 6.31. The molecule has 25 heavy (non-hydrogen) atoms. The monoisotopic (exact) mass is 345 g/mol. The van der Waals surface area contributed by atoms with Gasteiger partial charge in [0.05, 0.1) is 13.2 Å². The van der Waals surface area contributed by atoms with Crippen LogP contribution in [0.15, 0.2) is 24.5 Å². The molecule has 3 heterocycles. The van der Waals surface area contributed by atoms with Gasteiger partial charge in [0.1, 0.15) is 5.65 Å². The molecule has 1 fully saturated rings. The number of amides is 1. The largest absolute Gasteiger partial charge is 0.450 e. The number of hydrogen-bond acceptors (Lipinski definition) is 4. The lowest BCUT2D eigenvalue weighted by Crippen LogP contribution is -2.38. The van der Waals surface area contributed by atoms with Crippen LogP contribution in [0.4, 0.5) is 4.79 Å². The maximum atomic E-state index is 11.9. The number of carbonyl (C=O) groups excluding carboxylic acids is 1. The lowest BCUT2D eigenvalue weighted by molar-refractivity contribution is 0.0971. The van der Waals surface area contributed by atoms with Gasteiger partial charge in [-0.15, -0.1) is 0 Å². The molecule has 0 saturated carbocycles. The summed E-state index contributed by atoms with van der Waals surface area (Å²) in [7, 11) is 0. The number of carbonyl (C=O) groups is 1. The summed E-state index contributed by atoms with van der Waals surface area (Å²) in [6.45, 7) is 8.00. The fourth-order valence-electron chi connectivity index (χ4n) is 3.54. The third kappa shape index (κ3) is 3.95. The number of likely N-dealkylation sites (tertiary alicyclic amines) is 1. The fraction of sp³-hybridized carbons (Fsp3) is 0.579. The van der Waals surface area contributed by atoms with Gasteiger partial charge >= 0.3 is 6.09 Å². The van der Waals surface area contributed by atoms with Gasteiger partial charge in [0.25, 0.3) is 0 Å². The normalized spacial score (nSPS) is 15.7. The van der Waals surface area contributed by atoms with Gasteiger partial charge in [0, 0.05) is 44.0 Å². The SMILES string of the molecule is CCOCCn1cc(C2CCN(C(=O)OCC)CC2)c2cccnc21. The van der Waals surface area contributed by atoms with Crippen molar-refractivity contribution in [2.24, 2.45) is 0 Å². The van der Waals surface area contributed by atoms with Crippen molar-refractivity contribution in [3.05, 3.63) is 30.1 Å². The van der Waals surface area contributed by atoms with Gasteiger partial charge in [-0.05, 0) is 50.3 Å². The molecule has 2 aromatic rings. The lowest BCUT2D eigenvalue weighted by atomic mass is 9.90. The molecule has 1 amide bonds. The van der Waals surface area contributed by atoms with Crippen LogP contribution < -0.4 is 0 Å². The minimum Gasteiger partial charge on any atom is -0.450 e. The van der Waals surface area contributed by atoms with E-state index in [9.17, 15) is 4.79 Å². The molecule has 0 bridgehead atoms. The first kappa shape index (κ1) is 17.7. The predicted octanol–water partition coefficient (Wildman–Crippen LogP) is 3.41. The van der Waals surface area contributed by atoms with Crippen molar-refractivity contribution in [3.8, 4) is 0 Å². The smallest absolute Gasteiger partial charge is 0.409 e. The average Bonchev–Trinajstić information content (AvgIpc) is 3.01. The Morgan fingerprint density at radius 1 is 1.28 bits per heavy atom. The molecule has 0 aliphatic carbocycles. The minimum absolute atomic E-state index is 0.193. The zero-order valence-corrected chi connectivity index (χ0v) is 15.1. The molecule has 1 saturated heterocycles. The third-order valence-corrected chi connectivity index (χ3v) is 4.81. The molecule has 0 N–H and O–H groups in total. The van der Waals surface area contributed by atoms with E-state index in [0.717, 1.165) is 44.7 Å². The van der Waals surface area contributed by atoms with E-state index in [2.05, 4.69) is 21.8 Å². The van der Waals surface area contributed by atoms with Crippen molar-refractivity contribution in [2.75, 3.05) is 32.9 Å². The third-order valence-electron chi connectivity index (χ3n) is 4.81. The van der Waals surface area contributed by atoms with E-state index in [0.29, 0.717) is 19.1 Å². The molecule has 2 aromatic heterocycles. The van der Waals surface area contributed by atoms with Crippen LogP contribution in [0.2, 0.25) is 0 Å². The Morgan fingerprint density at radius 2 is 2.08 bits per heavy atom. The molecule has 1 aliphatic rings. The summed E-state index contributed by atoms with van der Waals surface area (Å²) in [5.41, 5.74) is 2.35. The number of piperidine rings is 1. The van der Waals surface area contributed by atoms with Gasteiger partial charge < -0.3 is 18.9 Å². The van der Waals surface area contributed by atoms with Gasteiger partial charge in [0.15, 0.2) is 0 Å². The Balaban J connectivity index is 1.74. The quantitative estimate of drug-likeness (QED) is 0.753. The van der Waals surface area contributed by atoms with Crippen LogP contribution in [0.25, 0.3) is 11.0 Å². The fourth-order valence-corrected chi connectivity index (χ4v) is 3.54. The van der Waals surface area contributed by atoms with Crippen molar-refractivity contribution in [1.82, 2.24) is 14.5 Å². The number of pyridine rings is 1. The second kappa shape index (κ2) is 8.34. The molecular formula is C19H27N3O3. The van der Waals surface area contributed by atoms with Crippen LogP contribution in [0.3, 0.4) is 0 Å². The van der Waals surface area contributed by atoms with E-state index < -0.39 is 0 Å². The zero-order valence-electron chi connectivity index (χ0n) is 15.1. The first-order chi connectivity index (χ1) is 12.2. The molecule has 0 radical (unpaired) electrons. The first-order valence-electron chi connectivity index (χ1n) is 9.17. The average molecular weight is 345 g/mol. The molecule has 0 unspecified atom stereocenters.